The van der Waals surface area contributed by atoms with E-state index in [1.165, 1.54) is 0 Å². The average molecular weight is 289 g/mol. The molecule has 21 heavy (non-hydrogen) atoms. The Labute approximate surface area is 120 Å². The third-order valence-electron chi connectivity index (χ3n) is 3.10. The van der Waals surface area contributed by atoms with Crippen molar-refractivity contribution in [2.45, 2.75) is 25.5 Å². The van der Waals surface area contributed by atoms with Crippen LogP contribution in [0.25, 0.3) is 0 Å². The molecule has 0 spiro atoms. The van der Waals surface area contributed by atoms with E-state index in [1.807, 2.05) is 0 Å². The Morgan fingerprint density at radius 1 is 1.43 bits per heavy atom. The topological polar surface area (TPSA) is 116 Å². The van der Waals surface area contributed by atoms with Gasteiger partial charge in [0.25, 0.3) is 11.8 Å². The molecule has 1 unspecified atom stereocenters. The Morgan fingerprint density at radius 3 is 3.10 bits per heavy atom. The van der Waals surface area contributed by atoms with E-state index >= 15 is 0 Å². The van der Waals surface area contributed by atoms with E-state index in [0.717, 1.165) is 12.8 Å². The first-order chi connectivity index (χ1) is 10.2. The molecule has 1 atom stereocenters. The molecule has 1 saturated heterocycles. The van der Waals surface area contributed by atoms with E-state index in [2.05, 4.69) is 20.4 Å². The number of nitrogens with two attached hydrogens (primary N) is 1. The zero-order valence-corrected chi connectivity index (χ0v) is 11.3. The zero-order chi connectivity index (χ0) is 14.7. The quantitative estimate of drug-likeness (QED) is 0.856. The number of rotatable bonds is 4. The highest BCUT2D eigenvalue weighted by Crippen LogP contribution is 2.26. The number of hydrogen-bond donors (Lipinski definition) is 2. The first kappa shape index (κ1) is 13.5. The largest absolute Gasteiger partial charge is 0.384 e. The summed E-state index contributed by atoms with van der Waals surface area (Å²) in [7, 11) is 0. The van der Waals surface area contributed by atoms with Gasteiger partial charge in [-0.05, 0) is 25.0 Å². The van der Waals surface area contributed by atoms with Crippen LogP contribution in [0.4, 0.5) is 5.82 Å². The molecule has 110 valence electrons. The predicted octanol–water partition coefficient (Wildman–Crippen LogP) is 0.828. The molecule has 8 heteroatoms. The van der Waals surface area contributed by atoms with Gasteiger partial charge in [-0.15, -0.1) is 0 Å². The summed E-state index contributed by atoms with van der Waals surface area (Å²) in [5.41, 5.74) is 5.78. The number of anilines is 1. The van der Waals surface area contributed by atoms with Crippen LogP contribution in [0, 0.1) is 0 Å². The molecule has 3 rings (SSSR count). The maximum absolute atomic E-state index is 11.9. The van der Waals surface area contributed by atoms with Gasteiger partial charge in [-0.1, -0.05) is 11.2 Å². The van der Waals surface area contributed by atoms with Gasteiger partial charge in [-0.3, -0.25) is 4.79 Å². The van der Waals surface area contributed by atoms with Crippen molar-refractivity contribution in [3.8, 4) is 0 Å². The van der Waals surface area contributed by atoms with Gasteiger partial charge < -0.3 is 20.3 Å². The van der Waals surface area contributed by atoms with Gasteiger partial charge in [0.05, 0.1) is 6.54 Å². The van der Waals surface area contributed by atoms with Gasteiger partial charge >= 0.3 is 0 Å². The molecule has 1 aliphatic heterocycles. The SMILES string of the molecule is Nc1cccc(C(=O)NCc2noc(C3CCCO3)n2)n1. The first-order valence-corrected chi connectivity index (χ1v) is 6.67. The van der Waals surface area contributed by atoms with E-state index in [1.54, 1.807) is 18.2 Å². The molecule has 2 aromatic rings. The van der Waals surface area contributed by atoms with E-state index < -0.39 is 0 Å². The highest BCUT2D eigenvalue weighted by Gasteiger charge is 2.23. The summed E-state index contributed by atoms with van der Waals surface area (Å²) in [6, 6.07) is 4.87. The lowest BCUT2D eigenvalue weighted by Crippen LogP contribution is -2.24. The number of nitrogens with zero attached hydrogens (tertiary/aromatic N) is 3. The standard InChI is InChI=1S/C13H15N5O3/c14-10-5-1-3-8(16-10)12(19)15-7-11-17-13(21-18-11)9-4-2-6-20-9/h1,3,5,9H,2,4,6-7H2,(H2,14,16)(H,15,19). The van der Waals surface area contributed by atoms with Gasteiger partial charge in [0.2, 0.25) is 0 Å². The van der Waals surface area contributed by atoms with E-state index in [9.17, 15) is 4.79 Å². The van der Waals surface area contributed by atoms with Crippen molar-refractivity contribution < 1.29 is 14.1 Å². The Kier molecular flexibility index (Phi) is 3.78. The lowest BCUT2D eigenvalue weighted by molar-refractivity contribution is 0.0835. The molecular weight excluding hydrogens is 274 g/mol. The second kappa shape index (κ2) is 5.88. The molecular formula is C13H15N5O3. The van der Waals surface area contributed by atoms with Gasteiger partial charge in [0.1, 0.15) is 17.6 Å². The van der Waals surface area contributed by atoms with Crippen LogP contribution in [0.2, 0.25) is 0 Å². The monoisotopic (exact) mass is 289 g/mol. The Morgan fingerprint density at radius 2 is 2.33 bits per heavy atom. The Balaban J connectivity index is 1.58. The summed E-state index contributed by atoms with van der Waals surface area (Å²) in [5, 5.41) is 6.48. The van der Waals surface area contributed by atoms with Gasteiger partial charge in [0.15, 0.2) is 5.82 Å². The highest BCUT2D eigenvalue weighted by atomic mass is 16.5. The molecule has 0 saturated carbocycles. The van der Waals surface area contributed by atoms with Crippen LogP contribution < -0.4 is 11.1 Å². The summed E-state index contributed by atoms with van der Waals surface area (Å²) in [5.74, 6) is 0.810. The third-order valence-corrected chi connectivity index (χ3v) is 3.10. The number of hydrogen-bond acceptors (Lipinski definition) is 7. The lowest BCUT2D eigenvalue weighted by Gasteiger charge is -2.02. The number of carbonyl (C=O) groups is 1. The Bertz CT molecular complexity index is 636. The van der Waals surface area contributed by atoms with E-state index in [0.29, 0.717) is 24.1 Å². The fourth-order valence-electron chi connectivity index (χ4n) is 2.07. The van der Waals surface area contributed by atoms with Crippen LogP contribution in [-0.2, 0) is 11.3 Å². The van der Waals surface area contributed by atoms with Crippen molar-refractivity contribution in [2.75, 3.05) is 12.3 Å². The molecule has 3 N–H and O–H groups in total. The first-order valence-electron chi connectivity index (χ1n) is 6.67. The van der Waals surface area contributed by atoms with Crippen LogP contribution in [0.5, 0.6) is 0 Å². The minimum absolute atomic E-state index is 0.127. The van der Waals surface area contributed by atoms with Crippen molar-refractivity contribution in [3.63, 3.8) is 0 Å². The van der Waals surface area contributed by atoms with Crippen molar-refractivity contribution in [2.24, 2.45) is 0 Å². The number of nitrogen functional groups attached to an aromatic ring is 1. The number of carbonyl (C=O) groups excluding carboxylic acids is 1. The fourth-order valence-corrected chi connectivity index (χ4v) is 2.07. The van der Waals surface area contributed by atoms with Crippen molar-refractivity contribution >= 4 is 11.7 Å². The summed E-state index contributed by atoms with van der Waals surface area (Å²) in [6.07, 6.45) is 1.74. The summed E-state index contributed by atoms with van der Waals surface area (Å²) < 4.78 is 10.6. The van der Waals surface area contributed by atoms with Crippen LogP contribution in [-0.4, -0.2) is 27.6 Å². The van der Waals surface area contributed by atoms with Gasteiger partial charge in [-0.2, -0.15) is 4.98 Å². The summed E-state index contributed by atoms with van der Waals surface area (Å²) in [4.78, 5) is 20.0. The van der Waals surface area contributed by atoms with Gasteiger partial charge in [-0.25, -0.2) is 4.98 Å². The zero-order valence-electron chi connectivity index (χ0n) is 11.3. The molecule has 1 amide bonds. The average Bonchev–Trinajstić information content (AvgIpc) is 3.15. The third kappa shape index (κ3) is 3.16. The number of amides is 1. The molecule has 2 aromatic heterocycles. The smallest absolute Gasteiger partial charge is 0.270 e. The Hall–Kier alpha value is -2.48. The minimum atomic E-state index is -0.342. The van der Waals surface area contributed by atoms with Crippen molar-refractivity contribution in [1.82, 2.24) is 20.4 Å². The van der Waals surface area contributed by atoms with Crippen LogP contribution in [0.3, 0.4) is 0 Å². The van der Waals surface area contributed by atoms with Crippen molar-refractivity contribution in [1.29, 1.82) is 0 Å². The second-order valence-corrected chi connectivity index (χ2v) is 4.68. The van der Waals surface area contributed by atoms with E-state index in [-0.39, 0.29) is 24.2 Å². The summed E-state index contributed by atoms with van der Waals surface area (Å²) >= 11 is 0. The normalized spacial score (nSPS) is 17.8. The number of nitrogens with one attached hydrogen (secondary N) is 1. The fraction of sp³-hybridized carbons (Fsp3) is 0.385. The number of pyridine rings is 1. The number of ether oxygens (including phenoxy) is 1. The molecule has 0 aliphatic carbocycles. The van der Waals surface area contributed by atoms with Crippen LogP contribution in [0.15, 0.2) is 22.7 Å². The van der Waals surface area contributed by atoms with Crippen LogP contribution in [0.1, 0.15) is 41.1 Å². The van der Waals surface area contributed by atoms with Crippen LogP contribution >= 0.6 is 0 Å². The van der Waals surface area contributed by atoms with Gasteiger partial charge in [0, 0.05) is 6.61 Å². The molecule has 1 aliphatic rings. The minimum Gasteiger partial charge on any atom is -0.384 e. The molecule has 0 radical (unpaired) electrons. The predicted molar refractivity (Wildman–Crippen MR) is 72.0 cm³/mol. The van der Waals surface area contributed by atoms with E-state index in [4.69, 9.17) is 15.0 Å². The highest BCUT2D eigenvalue weighted by molar-refractivity contribution is 5.92. The lowest BCUT2D eigenvalue weighted by atomic mass is 10.2. The molecule has 3 heterocycles. The molecule has 0 bridgehead atoms. The molecule has 1 fully saturated rings. The molecule has 8 nitrogen and oxygen atoms in total. The van der Waals surface area contributed by atoms with Crippen molar-refractivity contribution in [3.05, 3.63) is 35.6 Å². The summed E-state index contributed by atoms with van der Waals surface area (Å²) in [6.45, 7) is 0.867. The second-order valence-electron chi connectivity index (χ2n) is 4.68. The number of aromatic nitrogens is 3. The molecule has 0 aromatic carbocycles. The maximum atomic E-state index is 11.9. The maximum Gasteiger partial charge on any atom is 0.270 e.